The summed E-state index contributed by atoms with van der Waals surface area (Å²) in [4.78, 5) is 14.4. The lowest BCUT2D eigenvalue weighted by Crippen LogP contribution is -2.39. The summed E-state index contributed by atoms with van der Waals surface area (Å²) in [6.07, 6.45) is 3.91. The molecule has 7 heteroatoms. The fourth-order valence-corrected chi connectivity index (χ4v) is 3.23. The average Bonchev–Trinajstić information content (AvgIpc) is 3.16. The second-order valence-electron chi connectivity index (χ2n) is 6.45. The second kappa shape index (κ2) is 7.65. The van der Waals surface area contributed by atoms with Crippen LogP contribution in [0.5, 0.6) is 0 Å². The first kappa shape index (κ1) is 17.4. The molecule has 2 aromatic rings. The van der Waals surface area contributed by atoms with E-state index in [1.807, 2.05) is 11.7 Å². The van der Waals surface area contributed by atoms with Gasteiger partial charge in [0.15, 0.2) is 0 Å². The first-order valence-electron chi connectivity index (χ1n) is 8.60. The summed E-state index contributed by atoms with van der Waals surface area (Å²) in [6, 6.07) is 5.60. The summed E-state index contributed by atoms with van der Waals surface area (Å²) in [7, 11) is 1.94. The normalized spacial score (nSPS) is 17.6. The number of hydrogen-bond donors (Lipinski definition) is 2. The molecule has 1 fully saturated rings. The zero-order chi connectivity index (χ0) is 17.8. The Labute approximate surface area is 147 Å². The van der Waals surface area contributed by atoms with Crippen molar-refractivity contribution < 1.29 is 9.18 Å². The number of aromatic nitrogens is 2. The molecular formula is C18H24FN5O. The number of likely N-dealkylation sites (tertiary alicyclic amines) is 1. The summed E-state index contributed by atoms with van der Waals surface area (Å²) >= 11 is 0. The molecule has 2 heterocycles. The number of halogens is 1. The number of urea groups is 1. The van der Waals surface area contributed by atoms with Crippen molar-refractivity contribution in [1.82, 2.24) is 20.0 Å². The lowest BCUT2D eigenvalue weighted by molar-refractivity contribution is 0.247. The third-order valence-electron chi connectivity index (χ3n) is 4.43. The van der Waals surface area contributed by atoms with E-state index >= 15 is 0 Å². The van der Waals surface area contributed by atoms with E-state index in [1.54, 1.807) is 12.1 Å². The monoisotopic (exact) mass is 345 g/mol. The van der Waals surface area contributed by atoms with Gasteiger partial charge in [0.1, 0.15) is 5.82 Å². The molecule has 0 aliphatic carbocycles. The molecule has 0 spiro atoms. The van der Waals surface area contributed by atoms with Crippen LogP contribution >= 0.6 is 0 Å². The molecule has 1 aliphatic heterocycles. The number of nitrogens with zero attached hydrogens (tertiary/aromatic N) is 3. The Bertz CT molecular complexity index is 728. The van der Waals surface area contributed by atoms with Crippen LogP contribution in [0.15, 0.2) is 30.5 Å². The summed E-state index contributed by atoms with van der Waals surface area (Å²) in [5.41, 5.74) is 2.96. The van der Waals surface area contributed by atoms with Gasteiger partial charge in [-0.3, -0.25) is 9.58 Å². The van der Waals surface area contributed by atoms with Gasteiger partial charge in [-0.15, -0.1) is 0 Å². The number of nitrogens with one attached hydrogen (secondary N) is 2. The maximum atomic E-state index is 12.9. The van der Waals surface area contributed by atoms with E-state index in [2.05, 4.69) is 33.8 Å². The van der Waals surface area contributed by atoms with E-state index in [0.717, 1.165) is 38.2 Å². The smallest absolute Gasteiger partial charge is 0.319 e. The highest BCUT2D eigenvalue weighted by molar-refractivity contribution is 5.89. The predicted octanol–water partition coefficient (Wildman–Crippen LogP) is 2.52. The third kappa shape index (κ3) is 4.57. The predicted molar refractivity (Wildman–Crippen MR) is 94.8 cm³/mol. The van der Waals surface area contributed by atoms with Gasteiger partial charge in [0.05, 0.1) is 5.69 Å². The highest BCUT2D eigenvalue weighted by Gasteiger charge is 2.24. The van der Waals surface area contributed by atoms with Crippen molar-refractivity contribution in [3.05, 3.63) is 47.5 Å². The number of amides is 2. The van der Waals surface area contributed by atoms with Crippen LogP contribution in [0.2, 0.25) is 0 Å². The number of carbonyl (C=O) groups excluding carboxylic acids is 1. The van der Waals surface area contributed by atoms with Gasteiger partial charge in [0, 0.05) is 50.2 Å². The number of hydrogen-bond acceptors (Lipinski definition) is 3. The number of benzene rings is 1. The van der Waals surface area contributed by atoms with Gasteiger partial charge >= 0.3 is 6.03 Å². The zero-order valence-electron chi connectivity index (χ0n) is 14.6. The first-order chi connectivity index (χ1) is 12.0. The highest BCUT2D eigenvalue weighted by atomic mass is 19.1. The molecule has 25 heavy (non-hydrogen) atoms. The largest absolute Gasteiger partial charge is 0.334 e. The Balaban J connectivity index is 1.49. The van der Waals surface area contributed by atoms with Crippen LogP contribution in [0.1, 0.15) is 24.6 Å². The molecule has 0 saturated carbocycles. The van der Waals surface area contributed by atoms with Crippen molar-refractivity contribution >= 4 is 11.7 Å². The Morgan fingerprint density at radius 2 is 2.12 bits per heavy atom. The van der Waals surface area contributed by atoms with E-state index in [4.69, 9.17) is 0 Å². The molecule has 1 atom stereocenters. The highest BCUT2D eigenvalue weighted by Crippen LogP contribution is 2.16. The van der Waals surface area contributed by atoms with Crippen LogP contribution in [-0.4, -0.2) is 39.8 Å². The van der Waals surface area contributed by atoms with Crippen LogP contribution < -0.4 is 10.6 Å². The molecule has 0 bridgehead atoms. The summed E-state index contributed by atoms with van der Waals surface area (Å²) in [5.74, 6) is -0.320. The van der Waals surface area contributed by atoms with Gasteiger partial charge < -0.3 is 10.6 Å². The van der Waals surface area contributed by atoms with Crippen LogP contribution in [-0.2, 0) is 20.0 Å². The van der Waals surface area contributed by atoms with Gasteiger partial charge in [0.2, 0.25) is 0 Å². The molecule has 1 saturated heterocycles. The Morgan fingerprint density at radius 3 is 2.84 bits per heavy atom. The molecule has 6 nitrogen and oxygen atoms in total. The van der Waals surface area contributed by atoms with Crippen LogP contribution in [0.3, 0.4) is 0 Å². The SMILES string of the molecule is CCc1nn(C)cc1CN1CCC(NC(=O)Nc2ccc(F)cc2)C1. The number of aryl methyl sites for hydroxylation is 2. The summed E-state index contributed by atoms with van der Waals surface area (Å²) < 4.78 is 14.7. The van der Waals surface area contributed by atoms with Crippen molar-refractivity contribution in [1.29, 1.82) is 0 Å². The van der Waals surface area contributed by atoms with Crippen LogP contribution in [0, 0.1) is 5.82 Å². The van der Waals surface area contributed by atoms with Gasteiger partial charge in [0.25, 0.3) is 0 Å². The Hall–Kier alpha value is -2.41. The maximum Gasteiger partial charge on any atom is 0.319 e. The molecule has 1 aromatic carbocycles. The van der Waals surface area contributed by atoms with Gasteiger partial charge in [-0.2, -0.15) is 5.10 Å². The summed E-state index contributed by atoms with van der Waals surface area (Å²) in [6.45, 7) is 4.73. The van der Waals surface area contributed by atoms with Crippen LogP contribution in [0.25, 0.3) is 0 Å². The molecule has 3 rings (SSSR count). The molecule has 1 unspecified atom stereocenters. The minimum absolute atomic E-state index is 0.113. The van der Waals surface area contributed by atoms with Crippen molar-refractivity contribution in [2.45, 2.75) is 32.4 Å². The van der Waals surface area contributed by atoms with Crippen molar-refractivity contribution in [2.75, 3.05) is 18.4 Å². The number of rotatable bonds is 5. The van der Waals surface area contributed by atoms with Crippen molar-refractivity contribution in [3.63, 3.8) is 0 Å². The Morgan fingerprint density at radius 1 is 1.36 bits per heavy atom. The quantitative estimate of drug-likeness (QED) is 0.875. The van der Waals surface area contributed by atoms with Gasteiger partial charge in [-0.05, 0) is 37.1 Å². The molecule has 2 amide bonds. The zero-order valence-corrected chi connectivity index (χ0v) is 14.6. The third-order valence-corrected chi connectivity index (χ3v) is 4.43. The molecular weight excluding hydrogens is 321 g/mol. The minimum Gasteiger partial charge on any atom is -0.334 e. The number of anilines is 1. The van der Waals surface area contributed by atoms with E-state index in [1.165, 1.54) is 17.7 Å². The first-order valence-corrected chi connectivity index (χ1v) is 8.60. The molecule has 1 aromatic heterocycles. The van der Waals surface area contributed by atoms with Crippen LogP contribution in [0.4, 0.5) is 14.9 Å². The standard InChI is InChI=1S/C18H24FN5O/c1-3-17-13(10-23(2)22-17)11-24-9-8-16(12-24)21-18(25)20-15-6-4-14(19)5-7-15/h4-7,10,16H,3,8-9,11-12H2,1-2H3,(H2,20,21,25). The number of carbonyl (C=O) groups is 1. The van der Waals surface area contributed by atoms with E-state index in [-0.39, 0.29) is 17.9 Å². The van der Waals surface area contributed by atoms with Crippen molar-refractivity contribution in [2.24, 2.45) is 7.05 Å². The second-order valence-corrected chi connectivity index (χ2v) is 6.45. The fraction of sp³-hybridized carbons (Fsp3) is 0.444. The molecule has 0 radical (unpaired) electrons. The Kier molecular flexibility index (Phi) is 5.33. The average molecular weight is 345 g/mol. The van der Waals surface area contributed by atoms with Crippen molar-refractivity contribution in [3.8, 4) is 0 Å². The lowest BCUT2D eigenvalue weighted by Gasteiger charge is -2.17. The molecule has 2 N–H and O–H groups in total. The van der Waals surface area contributed by atoms with E-state index in [0.29, 0.717) is 5.69 Å². The van der Waals surface area contributed by atoms with Gasteiger partial charge in [-0.1, -0.05) is 6.92 Å². The topological polar surface area (TPSA) is 62.2 Å². The fourth-order valence-electron chi connectivity index (χ4n) is 3.23. The van der Waals surface area contributed by atoms with E-state index < -0.39 is 0 Å². The lowest BCUT2D eigenvalue weighted by atomic mass is 10.2. The summed E-state index contributed by atoms with van der Waals surface area (Å²) in [5, 5.41) is 10.2. The maximum absolute atomic E-state index is 12.9. The minimum atomic E-state index is -0.320. The van der Waals surface area contributed by atoms with Gasteiger partial charge in [-0.25, -0.2) is 9.18 Å². The molecule has 1 aliphatic rings. The van der Waals surface area contributed by atoms with E-state index in [9.17, 15) is 9.18 Å². The molecule has 134 valence electrons.